The van der Waals surface area contributed by atoms with E-state index in [0.29, 0.717) is 5.69 Å². The summed E-state index contributed by atoms with van der Waals surface area (Å²) in [6.45, 7) is 3.26. The summed E-state index contributed by atoms with van der Waals surface area (Å²) in [5, 5.41) is 3.51. The molecule has 2 rings (SSSR count). The van der Waals surface area contributed by atoms with Crippen LogP contribution >= 0.6 is 0 Å². The largest absolute Gasteiger partial charge is 0.462 e. The predicted octanol–water partition coefficient (Wildman–Crippen LogP) is 3.38. The van der Waals surface area contributed by atoms with E-state index >= 15 is 0 Å². The topological polar surface area (TPSA) is 44.1 Å². The fourth-order valence-corrected chi connectivity index (χ4v) is 1.89. The van der Waals surface area contributed by atoms with Gasteiger partial charge in [0.15, 0.2) is 5.69 Å². The van der Waals surface area contributed by atoms with Gasteiger partial charge in [-0.25, -0.2) is 9.48 Å². The number of rotatable bonds is 3. The maximum Gasteiger partial charge on any atom is 0.436 e. The van der Waals surface area contributed by atoms with Crippen LogP contribution in [-0.4, -0.2) is 22.4 Å². The number of aromatic nitrogens is 2. The molecule has 0 aliphatic carbocycles. The Hall–Kier alpha value is -2.31. The van der Waals surface area contributed by atoms with Gasteiger partial charge in [-0.3, -0.25) is 0 Å². The van der Waals surface area contributed by atoms with Crippen molar-refractivity contribution < 1.29 is 22.7 Å². The quantitative estimate of drug-likeness (QED) is 0.816. The van der Waals surface area contributed by atoms with Crippen LogP contribution in [0.2, 0.25) is 0 Å². The van der Waals surface area contributed by atoms with Crippen molar-refractivity contribution in [1.82, 2.24) is 9.78 Å². The van der Waals surface area contributed by atoms with Crippen molar-refractivity contribution in [2.45, 2.75) is 20.0 Å². The van der Waals surface area contributed by atoms with Crippen LogP contribution in [0.15, 0.2) is 30.5 Å². The highest BCUT2D eigenvalue weighted by Crippen LogP contribution is 2.32. The van der Waals surface area contributed by atoms with E-state index in [-0.39, 0.29) is 6.61 Å². The highest BCUT2D eigenvalue weighted by atomic mass is 19.4. The minimum Gasteiger partial charge on any atom is -0.462 e. The van der Waals surface area contributed by atoms with Gasteiger partial charge in [0.1, 0.15) is 5.56 Å². The smallest absolute Gasteiger partial charge is 0.436 e. The maximum absolute atomic E-state index is 13.0. The van der Waals surface area contributed by atoms with Gasteiger partial charge in [-0.1, -0.05) is 18.2 Å². The Morgan fingerprint density at radius 2 is 2.00 bits per heavy atom. The molecule has 4 nitrogen and oxygen atoms in total. The van der Waals surface area contributed by atoms with Crippen LogP contribution in [0, 0.1) is 6.92 Å². The molecule has 0 spiro atoms. The van der Waals surface area contributed by atoms with E-state index in [1.165, 1.54) is 6.92 Å². The molecular weight excluding hydrogens is 285 g/mol. The van der Waals surface area contributed by atoms with Gasteiger partial charge in [0.25, 0.3) is 0 Å². The molecule has 21 heavy (non-hydrogen) atoms. The summed E-state index contributed by atoms with van der Waals surface area (Å²) in [4.78, 5) is 11.7. The molecule has 0 fully saturated rings. The lowest BCUT2D eigenvalue weighted by molar-refractivity contribution is -0.141. The summed E-state index contributed by atoms with van der Waals surface area (Å²) in [6, 6.07) is 6.81. The van der Waals surface area contributed by atoms with Crippen LogP contribution in [0.25, 0.3) is 5.69 Å². The molecule has 0 amide bonds. The molecule has 1 aromatic heterocycles. The zero-order valence-electron chi connectivity index (χ0n) is 11.4. The van der Waals surface area contributed by atoms with E-state index in [0.717, 1.165) is 16.4 Å². The number of benzene rings is 1. The van der Waals surface area contributed by atoms with Crippen molar-refractivity contribution >= 4 is 5.97 Å². The summed E-state index contributed by atoms with van der Waals surface area (Å²) in [6.07, 6.45) is -3.68. The number of alkyl halides is 3. The number of aryl methyl sites for hydroxylation is 1. The Kier molecular flexibility index (Phi) is 4.02. The van der Waals surface area contributed by atoms with Gasteiger partial charge < -0.3 is 4.74 Å². The number of halogens is 3. The summed E-state index contributed by atoms with van der Waals surface area (Å²) in [7, 11) is 0. The van der Waals surface area contributed by atoms with Gasteiger partial charge >= 0.3 is 12.1 Å². The molecule has 7 heteroatoms. The molecule has 0 saturated carbocycles. The normalized spacial score (nSPS) is 11.5. The standard InChI is InChI=1S/C14H13F3N2O2/c1-3-21-13(20)10-8-19(18-12(10)14(15,16)17)11-7-5-4-6-9(11)2/h4-8H,3H2,1-2H3. The molecule has 0 atom stereocenters. The average molecular weight is 298 g/mol. The first kappa shape index (κ1) is 15.1. The van der Waals surface area contributed by atoms with Crippen molar-refractivity contribution in [2.24, 2.45) is 0 Å². The third-order valence-electron chi connectivity index (χ3n) is 2.84. The Bertz CT molecular complexity index is 662. The van der Waals surface area contributed by atoms with Crippen LogP contribution in [0.5, 0.6) is 0 Å². The van der Waals surface area contributed by atoms with Gasteiger partial charge in [-0.15, -0.1) is 0 Å². The Balaban J connectivity index is 2.56. The molecule has 0 radical (unpaired) electrons. The lowest BCUT2D eigenvalue weighted by atomic mass is 10.2. The summed E-state index contributed by atoms with van der Waals surface area (Å²) in [5.74, 6) is -1.04. The number of para-hydroxylation sites is 1. The van der Waals surface area contributed by atoms with Crippen LogP contribution in [0.3, 0.4) is 0 Å². The van der Waals surface area contributed by atoms with Crippen molar-refractivity contribution in [3.05, 3.63) is 47.3 Å². The molecule has 1 heterocycles. The van der Waals surface area contributed by atoms with E-state index in [2.05, 4.69) is 9.84 Å². The van der Waals surface area contributed by atoms with E-state index < -0.39 is 23.4 Å². The zero-order valence-corrected chi connectivity index (χ0v) is 11.4. The summed E-state index contributed by atoms with van der Waals surface area (Å²) >= 11 is 0. The third kappa shape index (κ3) is 3.07. The Morgan fingerprint density at radius 3 is 2.57 bits per heavy atom. The minimum absolute atomic E-state index is 0.00826. The highest BCUT2D eigenvalue weighted by Gasteiger charge is 2.40. The van der Waals surface area contributed by atoms with Crippen molar-refractivity contribution in [2.75, 3.05) is 6.61 Å². The Labute approximate surface area is 119 Å². The molecule has 0 aliphatic rings. The first-order valence-corrected chi connectivity index (χ1v) is 6.24. The van der Waals surface area contributed by atoms with E-state index in [1.54, 1.807) is 31.2 Å². The highest BCUT2D eigenvalue weighted by molar-refractivity contribution is 5.90. The number of ether oxygens (including phenoxy) is 1. The maximum atomic E-state index is 13.0. The lowest BCUT2D eigenvalue weighted by Crippen LogP contribution is -2.14. The van der Waals surface area contributed by atoms with Crippen molar-refractivity contribution in [1.29, 1.82) is 0 Å². The van der Waals surface area contributed by atoms with Crippen molar-refractivity contribution in [3.8, 4) is 5.69 Å². The average Bonchev–Trinajstić information content (AvgIpc) is 2.84. The molecule has 0 bridgehead atoms. The molecule has 0 aliphatic heterocycles. The fraction of sp³-hybridized carbons (Fsp3) is 0.286. The predicted molar refractivity (Wildman–Crippen MR) is 69.3 cm³/mol. The molecule has 112 valence electrons. The van der Waals surface area contributed by atoms with Gasteiger partial charge in [-0.05, 0) is 25.5 Å². The second-order valence-electron chi connectivity index (χ2n) is 4.34. The van der Waals surface area contributed by atoms with E-state index in [1.807, 2.05) is 0 Å². The second-order valence-corrected chi connectivity index (χ2v) is 4.34. The molecule has 2 aromatic rings. The molecule has 0 N–H and O–H groups in total. The first-order valence-electron chi connectivity index (χ1n) is 6.24. The van der Waals surface area contributed by atoms with Crippen molar-refractivity contribution in [3.63, 3.8) is 0 Å². The first-order chi connectivity index (χ1) is 9.84. The van der Waals surface area contributed by atoms with Gasteiger partial charge in [-0.2, -0.15) is 18.3 Å². The molecule has 0 saturated heterocycles. The van der Waals surface area contributed by atoms with E-state index in [4.69, 9.17) is 0 Å². The fourth-order valence-electron chi connectivity index (χ4n) is 1.89. The number of hydrogen-bond acceptors (Lipinski definition) is 3. The summed E-state index contributed by atoms with van der Waals surface area (Å²) < 4.78 is 44.7. The van der Waals surface area contributed by atoms with Crippen LogP contribution < -0.4 is 0 Å². The Morgan fingerprint density at radius 1 is 1.33 bits per heavy atom. The summed E-state index contributed by atoms with van der Waals surface area (Å²) in [5.41, 5.74) is -0.625. The zero-order chi connectivity index (χ0) is 15.6. The number of carbonyl (C=O) groups is 1. The minimum atomic E-state index is -4.73. The molecule has 0 unspecified atom stereocenters. The van der Waals surface area contributed by atoms with E-state index in [9.17, 15) is 18.0 Å². The number of nitrogens with zero attached hydrogens (tertiary/aromatic N) is 2. The lowest BCUT2D eigenvalue weighted by Gasteiger charge is -2.05. The van der Waals surface area contributed by atoms with Crippen LogP contribution in [-0.2, 0) is 10.9 Å². The van der Waals surface area contributed by atoms with Crippen LogP contribution in [0.4, 0.5) is 13.2 Å². The van der Waals surface area contributed by atoms with Crippen LogP contribution in [0.1, 0.15) is 28.5 Å². The van der Waals surface area contributed by atoms with Gasteiger partial charge in [0.05, 0.1) is 12.3 Å². The molecular formula is C14H13F3N2O2. The number of hydrogen-bond donors (Lipinski definition) is 0. The number of esters is 1. The number of carbonyl (C=O) groups excluding carboxylic acids is 1. The van der Waals surface area contributed by atoms with Gasteiger partial charge in [0, 0.05) is 6.20 Å². The molecule has 1 aromatic carbocycles. The monoisotopic (exact) mass is 298 g/mol. The SMILES string of the molecule is CCOC(=O)c1cn(-c2ccccc2C)nc1C(F)(F)F. The third-order valence-corrected chi connectivity index (χ3v) is 2.84. The van der Waals surface area contributed by atoms with Gasteiger partial charge in [0.2, 0.25) is 0 Å². The second kappa shape index (κ2) is 5.59.